The fraction of sp³-hybridized carbons (Fsp3) is 0.615. The Labute approximate surface area is 118 Å². The molecule has 0 aliphatic carbocycles. The summed E-state index contributed by atoms with van der Waals surface area (Å²) in [5.74, 6) is 0.618. The van der Waals surface area contributed by atoms with Gasteiger partial charge in [0.05, 0.1) is 17.1 Å². The summed E-state index contributed by atoms with van der Waals surface area (Å²) in [5, 5.41) is 13.9. The standard InChI is InChI=1S/C13H21N5O2/c1-10(17-5-3-2-4-6-17)9-15-13-8-11(18(19)20)7-12(14)16-13/h7-8,10H,2-6,9H2,1H3,(H3,14,15,16). The second kappa shape index (κ2) is 6.51. The molecule has 2 rings (SSSR count). The number of nitro groups is 1. The summed E-state index contributed by atoms with van der Waals surface area (Å²) in [4.78, 5) is 16.8. The average molecular weight is 279 g/mol. The quantitative estimate of drug-likeness (QED) is 0.630. The van der Waals surface area contributed by atoms with Crippen molar-refractivity contribution in [3.63, 3.8) is 0 Å². The molecule has 1 atom stereocenters. The van der Waals surface area contributed by atoms with Gasteiger partial charge in [0.2, 0.25) is 0 Å². The minimum atomic E-state index is -0.461. The van der Waals surface area contributed by atoms with E-state index < -0.39 is 4.92 Å². The molecule has 7 heteroatoms. The van der Waals surface area contributed by atoms with Crippen molar-refractivity contribution >= 4 is 17.3 Å². The Morgan fingerprint density at radius 3 is 2.80 bits per heavy atom. The van der Waals surface area contributed by atoms with Crippen molar-refractivity contribution in [1.82, 2.24) is 9.88 Å². The Morgan fingerprint density at radius 1 is 1.45 bits per heavy atom. The van der Waals surface area contributed by atoms with Crippen LogP contribution in [0.2, 0.25) is 0 Å². The zero-order valence-electron chi connectivity index (χ0n) is 11.7. The first kappa shape index (κ1) is 14.5. The molecule has 2 heterocycles. The number of nitrogens with one attached hydrogen (secondary N) is 1. The molecule has 7 nitrogen and oxygen atoms in total. The highest BCUT2D eigenvalue weighted by atomic mass is 16.6. The lowest BCUT2D eigenvalue weighted by Crippen LogP contribution is -2.41. The van der Waals surface area contributed by atoms with Gasteiger partial charge in [-0.25, -0.2) is 4.98 Å². The van der Waals surface area contributed by atoms with Crippen LogP contribution in [0.3, 0.4) is 0 Å². The van der Waals surface area contributed by atoms with Gasteiger partial charge >= 0.3 is 0 Å². The highest BCUT2D eigenvalue weighted by molar-refractivity contribution is 5.52. The van der Waals surface area contributed by atoms with Gasteiger partial charge in [-0.1, -0.05) is 6.42 Å². The molecule has 20 heavy (non-hydrogen) atoms. The van der Waals surface area contributed by atoms with Crippen LogP contribution in [-0.4, -0.2) is 40.5 Å². The zero-order valence-corrected chi connectivity index (χ0v) is 11.7. The fourth-order valence-electron chi connectivity index (χ4n) is 2.47. The summed E-state index contributed by atoms with van der Waals surface area (Å²) in [6.07, 6.45) is 3.79. The number of nitrogens with two attached hydrogens (primary N) is 1. The highest BCUT2D eigenvalue weighted by Crippen LogP contribution is 2.19. The lowest BCUT2D eigenvalue weighted by atomic mass is 10.1. The number of rotatable bonds is 5. The molecule has 3 N–H and O–H groups in total. The van der Waals surface area contributed by atoms with E-state index in [9.17, 15) is 10.1 Å². The predicted octanol–water partition coefficient (Wildman–Crippen LogP) is 1.86. The second-order valence-corrected chi connectivity index (χ2v) is 5.22. The summed E-state index contributed by atoms with van der Waals surface area (Å²) in [7, 11) is 0. The monoisotopic (exact) mass is 279 g/mol. The van der Waals surface area contributed by atoms with Crippen molar-refractivity contribution in [1.29, 1.82) is 0 Å². The molecular weight excluding hydrogens is 258 g/mol. The van der Waals surface area contributed by atoms with Gasteiger partial charge in [-0.2, -0.15) is 0 Å². The van der Waals surface area contributed by atoms with Crippen LogP contribution in [0.15, 0.2) is 12.1 Å². The number of hydrogen-bond acceptors (Lipinski definition) is 6. The number of likely N-dealkylation sites (tertiary alicyclic amines) is 1. The van der Waals surface area contributed by atoms with Gasteiger partial charge in [0.1, 0.15) is 11.6 Å². The summed E-state index contributed by atoms with van der Waals surface area (Å²) < 4.78 is 0. The molecule has 1 aliphatic heterocycles. The molecular formula is C13H21N5O2. The fourth-order valence-corrected chi connectivity index (χ4v) is 2.47. The number of anilines is 2. The van der Waals surface area contributed by atoms with E-state index in [0.29, 0.717) is 18.4 Å². The topological polar surface area (TPSA) is 97.3 Å². The second-order valence-electron chi connectivity index (χ2n) is 5.22. The normalized spacial score (nSPS) is 17.6. The lowest BCUT2D eigenvalue weighted by molar-refractivity contribution is -0.384. The number of aromatic nitrogens is 1. The van der Waals surface area contributed by atoms with E-state index in [-0.39, 0.29) is 11.5 Å². The predicted molar refractivity (Wildman–Crippen MR) is 78.7 cm³/mol. The summed E-state index contributed by atoms with van der Waals surface area (Å²) >= 11 is 0. The summed E-state index contributed by atoms with van der Waals surface area (Å²) in [6, 6.07) is 3.05. The Hall–Kier alpha value is -1.89. The molecule has 0 aromatic carbocycles. The third-order valence-electron chi connectivity index (χ3n) is 3.63. The number of pyridine rings is 1. The van der Waals surface area contributed by atoms with Crippen molar-refractivity contribution in [2.24, 2.45) is 0 Å². The first-order valence-electron chi connectivity index (χ1n) is 6.96. The molecule has 0 radical (unpaired) electrons. The number of nitrogens with zero attached hydrogens (tertiary/aromatic N) is 3. The Morgan fingerprint density at radius 2 is 2.15 bits per heavy atom. The van der Waals surface area contributed by atoms with Crippen LogP contribution >= 0.6 is 0 Å². The molecule has 110 valence electrons. The molecule has 1 aromatic rings. The van der Waals surface area contributed by atoms with Gasteiger partial charge in [-0.15, -0.1) is 0 Å². The smallest absolute Gasteiger partial charge is 0.276 e. The lowest BCUT2D eigenvalue weighted by Gasteiger charge is -2.32. The van der Waals surface area contributed by atoms with Crippen LogP contribution in [-0.2, 0) is 0 Å². The van der Waals surface area contributed by atoms with Crippen LogP contribution < -0.4 is 11.1 Å². The number of nitrogen functional groups attached to an aromatic ring is 1. The van der Waals surface area contributed by atoms with Crippen LogP contribution in [0.5, 0.6) is 0 Å². The Balaban J connectivity index is 1.94. The van der Waals surface area contributed by atoms with E-state index in [0.717, 1.165) is 13.1 Å². The largest absolute Gasteiger partial charge is 0.383 e. The highest BCUT2D eigenvalue weighted by Gasteiger charge is 2.17. The van der Waals surface area contributed by atoms with Crippen molar-refractivity contribution in [3.8, 4) is 0 Å². The molecule has 0 bridgehead atoms. The van der Waals surface area contributed by atoms with E-state index >= 15 is 0 Å². The van der Waals surface area contributed by atoms with Crippen molar-refractivity contribution in [3.05, 3.63) is 22.2 Å². The van der Waals surface area contributed by atoms with Gasteiger partial charge in [0.25, 0.3) is 5.69 Å². The van der Waals surface area contributed by atoms with Gasteiger partial charge in [-0.05, 0) is 32.9 Å². The first-order valence-corrected chi connectivity index (χ1v) is 6.96. The van der Waals surface area contributed by atoms with Gasteiger partial charge in [0, 0.05) is 12.6 Å². The minimum Gasteiger partial charge on any atom is -0.383 e. The van der Waals surface area contributed by atoms with E-state index in [2.05, 4.69) is 22.1 Å². The maximum absolute atomic E-state index is 10.8. The van der Waals surface area contributed by atoms with Gasteiger partial charge in [0.15, 0.2) is 0 Å². The van der Waals surface area contributed by atoms with Crippen LogP contribution in [0.25, 0.3) is 0 Å². The van der Waals surface area contributed by atoms with Crippen molar-refractivity contribution in [2.45, 2.75) is 32.2 Å². The number of piperidine rings is 1. The molecule has 0 saturated carbocycles. The Bertz CT molecular complexity index is 474. The Kier molecular flexibility index (Phi) is 4.73. The maximum atomic E-state index is 10.8. The van der Waals surface area contributed by atoms with Crippen LogP contribution in [0.4, 0.5) is 17.3 Å². The number of hydrogen-bond donors (Lipinski definition) is 2. The van der Waals surface area contributed by atoms with Gasteiger partial charge < -0.3 is 11.1 Å². The van der Waals surface area contributed by atoms with Crippen molar-refractivity contribution < 1.29 is 4.92 Å². The molecule has 1 aromatic heterocycles. The minimum absolute atomic E-state index is 0.0365. The van der Waals surface area contributed by atoms with Crippen LogP contribution in [0, 0.1) is 10.1 Å². The van der Waals surface area contributed by atoms with E-state index in [1.807, 2.05) is 0 Å². The third kappa shape index (κ3) is 3.80. The molecule has 0 amide bonds. The van der Waals surface area contributed by atoms with Crippen molar-refractivity contribution in [2.75, 3.05) is 30.7 Å². The first-order chi connectivity index (χ1) is 9.56. The third-order valence-corrected chi connectivity index (χ3v) is 3.63. The van der Waals surface area contributed by atoms with Gasteiger partial charge in [-0.3, -0.25) is 15.0 Å². The van der Waals surface area contributed by atoms with E-state index in [1.165, 1.54) is 31.4 Å². The van der Waals surface area contributed by atoms with Crippen LogP contribution in [0.1, 0.15) is 26.2 Å². The average Bonchev–Trinajstić information content (AvgIpc) is 2.45. The molecule has 1 fully saturated rings. The zero-order chi connectivity index (χ0) is 14.5. The molecule has 1 saturated heterocycles. The molecule has 0 spiro atoms. The maximum Gasteiger partial charge on any atom is 0.276 e. The van der Waals surface area contributed by atoms with E-state index in [1.54, 1.807) is 0 Å². The summed E-state index contributed by atoms with van der Waals surface area (Å²) in [5.41, 5.74) is 5.54. The summed E-state index contributed by atoms with van der Waals surface area (Å²) in [6.45, 7) is 5.09. The SMILES string of the molecule is CC(CNc1cc([N+](=O)[O-])cc(N)n1)N1CCCCC1. The van der Waals surface area contributed by atoms with E-state index in [4.69, 9.17) is 5.73 Å². The molecule has 1 unspecified atom stereocenters. The molecule has 1 aliphatic rings.